The minimum atomic E-state index is -0.151. The number of aliphatic hydroxyl groups is 1. The van der Waals surface area contributed by atoms with Crippen molar-refractivity contribution in [2.75, 3.05) is 11.9 Å². The molecular formula is C14H19N3OS. The topological polar surface area (TPSA) is 58.0 Å². The summed E-state index contributed by atoms with van der Waals surface area (Å²) in [7, 11) is 0. The van der Waals surface area contributed by atoms with E-state index in [9.17, 15) is 5.11 Å². The molecular weight excluding hydrogens is 258 g/mol. The van der Waals surface area contributed by atoms with Crippen LogP contribution in [-0.2, 0) is 5.41 Å². The van der Waals surface area contributed by atoms with Crippen LogP contribution in [-0.4, -0.2) is 21.1 Å². The lowest BCUT2D eigenvalue weighted by molar-refractivity contribution is 0.276. The summed E-state index contributed by atoms with van der Waals surface area (Å²) in [4.78, 5) is 4.48. The molecule has 5 heteroatoms. The van der Waals surface area contributed by atoms with Crippen LogP contribution in [0.2, 0.25) is 0 Å². The van der Waals surface area contributed by atoms with E-state index in [1.165, 1.54) is 11.5 Å². The Balaban J connectivity index is 2.13. The Kier molecular flexibility index (Phi) is 4.17. The monoisotopic (exact) mass is 277 g/mol. The minimum Gasteiger partial charge on any atom is -0.394 e. The fraction of sp³-hybridized carbons (Fsp3) is 0.429. The predicted molar refractivity (Wildman–Crippen MR) is 78.5 cm³/mol. The van der Waals surface area contributed by atoms with E-state index in [0.717, 1.165) is 16.5 Å². The van der Waals surface area contributed by atoms with Gasteiger partial charge in [0.25, 0.3) is 0 Å². The molecule has 4 nitrogen and oxygen atoms in total. The van der Waals surface area contributed by atoms with Crippen LogP contribution < -0.4 is 5.32 Å². The van der Waals surface area contributed by atoms with Gasteiger partial charge in [-0.1, -0.05) is 51.1 Å². The van der Waals surface area contributed by atoms with Gasteiger partial charge < -0.3 is 10.4 Å². The zero-order chi connectivity index (χ0) is 13.9. The first kappa shape index (κ1) is 14.0. The fourth-order valence-corrected chi connectivity index (χ4v) is 2.47. The van der Waals surface area contributed by atoms with Crippen LogP contribution in [0.25, 0.3) is 0 Å². The highest BCUT2D eigenvalue weighted by atomic mass is 32.1. The van der Waals surface area contributed by atoms with E-state index in [2.05, 4.69) is 35.4 Å². The number of nitrogens with zero attached hydrogens (tertiary/aromatic N) is 2. The van der Waals surface area contributed by atoms with Gasteiger partial charge in [-0.3, -0.25) is 0 Å². The van der Waals surface area contributed by atoms with Gasteiger partial charge in [0.05, 0.1) is 12.6 Å². The maximum atomic E-state index is 9.50. The zero-order valence-electron chi connectivity index (χ0n) is 11.4. The summed E-state index contributed by atoms with van der Waals surface area (Å²) in [5, 5.41) is 13.5. The van der Waals surface area contributed by atoms with E-state index in [0.29, 0.717) is 0 Å². The van der Waals surface area contributed by atoms with Gasteiger partial charge in [-0.15, -0.1) is 0 Å². The van der Waals surface area contributed by atoms with Crippen LogP contribution in [0.15, 0.2) is 30.3 Å². The van der Waals surface area contributed by atoms with Gasteiger partial charge in [0.2, 0.25) is 5.13 Å². The number of anilines is 1. The smallest absolute Gasteiger partial charge is 0.203 e. The Morgan fingerprint density at radius 1 is 1.26 bits per heavy atom. The third kappa shape index (κ3) is 3.52. The Labute approximate surface area is 117 Å². The lowest BCUT2D eigenvalue weighted by Gasteiger charge is -2.16. The predicted octanol–water partition coefficient (Wildman–Crippen LogP) is 2.98. The average Bonchev–Trinajstić information content (AvgIpc) is 2.85. The number of hydrogen-bond donors (Lipinski definition) is 2. The molecule has 0 saturated carbocycles. The van der Waals surface area contributed by atoms with E-state index in [1.807, 2.05) is 30.3 Å². The van der Waals surface area contributed by atoms with Crippen LogP contribution >= 0.6 is 11.5 Å². The van der Waals surface area contributed by atoms with E-state index < -0.39 is 0 Å². The molecule has 0 saturated heterocycles. The molecule has 0 fully saturated rings. The number of rotatable bonds is 4. The highest BCUT2D eigenvalue weighted by Crippen LogP contribution is 2.25. The van der Waals surface area contributed by atoms with Crippen LogP contribution in [0.5, 0.6) is 0 Å². The molecule has 19 heavy (non-hydrogen) atoms. The second kappa shape index (κ2) is 5.67. The van der Waals surface area contributed by atoms with Crippen molar-refractivity contribution in [2.24, 2.45) is 0 Å². The normalized spacial score (nSPS) is 13.3. The highest BCUT2D eigenvalue weighted by molar-refractivity contribution is 7.09. The molecule has 102 valence electrons. The summed E-state index contributed by atoms with van der Waals surface area (Å²) in [6.07, 6.45) is 0. The molecule has 0 radical (unpaired) electrons. The van der Waals surface area contributed by atoms with E-state index in [4.69, 9.17) is 0 Å². The van der Waals surface area contributed by atoms with Crippen LogP contribution in [0, 0.1) is 0 Å². The Bertz CT molecular complexity index is 519. The molecule has 0 aliphatic rings. The van der Waals surface area contributed by atoms with Crippen LogP contribution in [0.4, 0.5) is 5.13 Å². The second-order valence-electron chi connectivity index (χ2n) is 5.46. The SMILES string of the molecule is CC(C)(C)c1nsc(N[C@@H](CO)c2ccccc2)n1. The average molecular weight is 277 g/mol. The summed E-state index contributed by atoms with van der Waals surface area (Å²) in [5.74, 6) is 0.824. The highest BCUT2D eigenvalue weighted by Gasteiger charge is 2.20. The number of aromatic nitrogens is 2. The largest absolute Gasteiger partial charge is 0.394 e. The van der Waals surface area contributed by atoms with Crippen LogP contribution in [0.3, 0.4) is 0 Å². The number of nitrogens with one attached hydrogen (secondary N) is 1. The molecule has 1 aromatic carbocycles. The van der Waals surface area contributed by atoms with Crippen molar-refractivity contribution in [1.82, 2.24) is 9.36 Å². The molecule has 1 atom stereocenters. The molecule has 0 unspecified atom stereocenters. The summed E-state index contributed by atoms with van der Waals surface area (Å²) in [6, 6.07) is 9.70. The van der Waals surface area contributed by atoms with Crippen molar-refractivity contribution in [3.05, 3.63) is 41.7 Å². The maximum Gasteiger partial charge on any atom is 0.203 e. The summed E-state index contributed by atoms with van der Waals surface area (Å²) < 4.78 is 4.35. The van der Waals surface area contributed by atoms with Gasteiger partial charge in [0.1, 0.15) is 5.82 Å². The minimum absolute atomic E-state index is 0.0223. The molecule has 2 N–H and O–H groups in total. The summed E-state index contributed by atoms with van der Waals surface area (Å²) in [5.41, 5.74) is 0.982. The summed E-state index contributed by atoms with van der Waals surface area (Å²) >= 11 is 1.33. The number of aliphatic hydroxyl groups excluding tert-OH is 1. The summed E-state index contributed by atoms with van der Waals surface area (Å²) in [6.45, 7) is 6.27. The molecule has 0 aliphatic carbocycles. The van der Waals surface area contributed by atoms with Gasteiger partial charge in [0.15, 0.2) is 0 Å². The number of hydrogen-bond acceptors (Lipinski definition) is 5. The van der Waals surface area contributed by atoms with Crippen molar-refractivity contribution in [3.8, 4) is 0 Å². The molecule has 2 rings (SSSR count). The molecule has 0 bridgehead atoms. The number of benzene rings is 1. The Hall–Kier alpha value is -1.46. The van der Waals surface area contributed by atoms with Gasteiger partial charge in [-0.05, 0) is 5.56 Å². The first-order valence-electron chi connectivity index (χ1n) is 6.27. The lowest BCUT2D eigenvalue weighted by atomic mass is 9.96. The Morgan fingerprint density at radius 3 is 2.47 bits per heavy atom. The standard InChI is InChI=1S/C14H19N3OS/c1-14(2,3)12-16-13(19-17-12)15-11(9-18)10-7-5-4-6-8-10/h4-8,11,18H,9H2,1-3H3,(H,15,16,17)/t11-/m0/s1. The van der Waals surface area contributed by atoms with Crippen molar-refractivity contribution in [1.29, 1.82) is 0 Å². The Morgan fingerprint density at radius 2 is 1.95 bits per heavy atom. The van der Waals surface area contributed by atoms with Crippen molar-refractivity contribution in [3.63, 3.8) is 0 Å². The molecule has 2 aromatic rings. The van der Waals surface area contributed by atoms with Gasteiger partial charge in [0, 0.05) is 16.9 Å². The maximum absolute atomic E-state index is 9.50. The van der Waals surface area contributed by atoms with Gasteiger partial charge in [-0.2, -0.15) is 4.37 Å². The van der Waals surface area contributed by atoms with Crippen molar-refractivity contribution < 1.29 is 5.11 Å². The van der Waals surface area contributed by atoms with E-state index in [-0.39, 0.29) is 18.1 Å². The lowest BCUT2D eigenvalue weighted by Crippen LogP contribution is -2.16. The third-order valence-corrected chi connectivity index (χ3v) is 3.43. The van der Waals surface area contributed by atoms with Crippen molar-refractivity contribution >= 4 is 16.7 Å². The van der Waals surface area contributed by atoms with E-state index in [1.54, 1.807) is 0 Å². The molecule has 0 spiro atoms. The van der Waals surface area contributed by atoms with Gasteiger partial charge >= 0.3 is 0 Å². The quantitative estimate of drug-likeness (QED) is 0.902. The van der Waals surface area contributed by atoms with E-state index >= 15 is 0 Å². The fourth-order valence-electron chi connectivity index (χ4n) is 1.66. The molecule has 0 amide bonds. The first-order valence-corrected chi connectivity index (χ1v) is 7.04. The molecule has 0 aliphatic heterocycles. The molecule has 1 heterocycles. The van der Waals surface area contributed by atoms with Crippen LogP contribution in [0.1, 0.15) is 38.2 Å². The first-order chi connectivity index (χ1) is 9.00. The zero-order valence-corrected chi connectivity index (χ0v) is 12.2. The second-order valence-corrected chi connectivity index (χ2v) is 6.22. The third-order valence-electron chi connectivity index (χ3n) is 2.78. The van der Waals surface area contributed by atoms with Gasteiger partial charge in [-0.25, -0.2) is 4.98 Å². The molecule has 1 aromatic heterocycles. The van der Waals surface area contributed by atoms with Crippen molar-refractivity contribution in [2.45, 2.75) is 32.2 Å².